The number of nitrogens with zero attached hydrogens (tertiary/aromatic N) is 6. The Kier molecular flexibility index (Phi) is 8.93. The van der Waals surface area contributed by atoms with Crippen LogP contribution in [-0.2, 0) is 22.5 Å². The molecule has 4 aromatic rings. The first-order valence-electron chi connectivity index (χ1n) is 15.5. The zero-order chi connectivity index (χ0) is 32.3. The number of aromatic nitrogens is 4. The van der Waals surface area contributed by atoms with Crippen LogP contribution in [0.1, 0.15) is 39.2 Å². The van der Waals surface area contributed by atoms with Crippen LogP contribution in [0.4, 0.5) is 16.2 Å². The van der Waals surface area contributed by atoms with Crippen molar-refractivity contribution in [2.24, 2.45) is 0 Å². The molecule has 0 unspecified atom stereocenters. The molecular formula is C33H39N7O6. The lowest BCUT2D eigenvalue weighted by Gasteiger charge is -2.25. The van der Waals surface area contributed by atoms with Gasteiger partial charge in [-0.15, -0.1) is 0 Å². The van der Waals surface area contributed by atoms with E-state index in [1.54, 1.807) is 30.3 Å². The largest absolute Gasteiger partial charge is 0.493 e. The molecule has 242 valence electrons. The van der Waals surface area contributed by atoms with Crippen molar-refractivity contribution >= 4 is 34.3 Å². The number of anilines is 2. The lowest BCUT2D eigenvalue weighted by molar-refractivity contribution is -0.116. The summed E-state index contributed by atoms with van der Waals surface area (Å²) in [5, 5.41) is 7.82. The first-order chi connectivity index (χ1) is 22.1. The molecular weight excluding hydrogens is 590 g/mol. The van der Waals surface area contributed by atoms with Crippen molar-refractivity contribution < 1.29 is 28.5 Å². The predicted octanol–water partition coefficient (Wildman–Crippen LogP) is 5.04. The van der Waals surface area contributed by atoms with E-state index in [2.05, 4.69) is 25.3 Å². The second kappa shape index (κ2) is 13.2. The third-order valence-corrected chi connectivity index (χ3v) is 7.76. The summed E-state index contributed by atoms with van der Waals surface area (Å²) >= 11 is 0. The SMILES string of the molecule is COc1cc2c(Oc3cnn(CC(=O)Nc4ccc5c(c4)N(C(=O)OC(C)(C)C)CC5)c3)ncnc2cc1OCCN1CCCC1. The molecule has 1 fully saturated rings. The fraction of sp³-hybridized carbons (Fsp3) is 0.424. The van der Waals surface area contributed by atoms with Crippen LogP contribution in [0.5, 0.6) is 23.1 Å². The van der Waals surface area contributed by atoms with E-state index in [-0.39, 0.29) is 12.5 Å². The molecule has 1 saturated heterocycles. The van der Waals surface area contributed by atoms with E-state index in [0.29, 0.717) is 52.9 Å². The van der Waals surface area contributed by atoms with Crippen LogP contribution in [0, 0.1) is 0 Å². The summed E-state index contributed by atoms with van der Waals surface area (Å²) in [7, 11) is 1.59. The lowest BCUT2D eigenvalue weighted by atomic mass is 10.1. The number of nitrogens with one attached hydrogen (secondary N) is 1. The number of amides is 2. The molecule has 13 nitrogen and oxygen atoms in total. The fourth-order valence-electron chi connectivity index (χ4n) is 5.59. The van der Waals surface area contributed by atoms with Crippen molar-refractivity contribution in [3.8, 4) is 23.1 Å². The van der Waals surface area contributed by atoms with Crippen molar-refractivity contribution in [1.29, 1.82) is 0 Å². The maximum absolute atomic E-state index is 12.9. The topological polar surface area (TPSA) is 133 Å². The van der Waals surface area contributed by atoms with Gasteiger partial charge in [-0.25, -0.2) is 14.8 Å². The third kappa shape index (κ3) is 7.31. The number of benzene rings is 2. The average Bonchev–Trinajstić information content (AvgIpc) is 3.78. The number of carbonyl (C=O) groups is 2. The summed E-state index contributed by atoms with van der Waals surface area (Å²) in [5.41, 5.74) is 2.37. The molecule has 4 heterocycles. The normalized spacial score (nSPS) is 14.7. The van der Waals surface area contributed by atoms with Gasteiger partial charge in [0, 0.05) is 24.8 Å². The van der Waals surface area contributed by atoms with Crippen LogP contribution in [0.2, 0.25) is 0 Å². The number of hydrogen-bond acceptors (Lipinski definition) is 10. The Morgan fingerprint density at radius 3 is 2.63 bits per heavy atom. The van der Waals surface area contributed by atoms with Gasteiger partial charge in [-0.3, -0.25) is 19.3 Å². The van der Waals surface area contributed by atoms with Crippen LogP contribution in [0.25, 0.3) is 10.9 Å². The first-order valence-corrected chi connectivity index (χ1v) is 15.5. The van der Waals surface area contributed by atoms with E-state index in [4.69, 9.17) is 18.9 Å². The molecule has 0 radical (unpaired) electrons. The Morgan fingerprint density at radius 1 is 1.02 bits per heavy atom. The van der Waals surface area contributed by atoms with E-state index in [0.717, 1.165) is 37.3 Å². The van der Waals surface area contributed by atoms with Gasteiger partial charge in [-0.2, -0.15) is 5.10 Å². The minimum atomic E-state index is -0.601. The number of ether oxygens (including phenoxy) is 4. The number of rotatable bonds is 10. The molecule has 0 spiro atoms. The van der Waals surface area contributed by atoms with Gasteiger partial charge in [0.15, 0.2) is 17.2 Å². The zero-order valence-corrected chi connectivity index (χ0v) is 26.6. The minimum absolute atomic E-state index is 0.0489. The lowest BCUT2D eigenvalue weighted by Crippen LogP contribution is -2.35. The molecule has 6 rings (SSSR count). The monoisotopic (exact) mass is 629 g/mol. The highest BCUT2D eigenvalue weighted by molar-refractivity contribution is 5.95. The number of methoxy groups -OCH3 is 1. The van der Waals surface area contributed by atoms with Crippen molar-refractivity contribution in [1.82, 2.24) is 24.6 Å². The standard InChI is InChI=1S/C33H39N7O6/c1-33(2,3)46-32(42)40-12-9-22-7-8-23(15-27(22)40)37-30(41)20-39-19-24(18-36-39)45-31-25-16-28(43-4)29(17-26(25)34-21-35-31)44-14-13-38-10-5-6-11-38/h7-8,15-19,21H,5-6,9-14,20H2,1-4H3,(H,37,41). The number of carbonyl (C=O) groups excluding carboxylic acids is 2. The van der Waals surface area contributed by atoms with Gasteiger partial charge in [0.25, 0.3) is 0 Å². The van der Waals surface area contributed by atoms with Gasteiger partial charge in [0.1, 0.15) is 25.1 Å². The Morgan fingerprint density at radius 2 is 1.85 bits per heavy atom. The van der Waals surface area contributed by atoms with Gasteiger partial charge in [-0.05, 0) is 76.9 Å². The van der Waals surface area contributed by atoms with E-state index >= 15 is 0 Å². The van der Waals surface area contributed by atoms with Crippen LogP contribution in [0.3, 0.4) is 0 Å². The molecule has 0 bridgehead atoms. The van der Waals surface area contributed by atoms with E-state index in [1.807, 2.05) is 39.0 Å². The Balaban J connectivity index is 1.09. The number of fused-ring (bicyclic) bond motifs is 2. The van der Waals surface area contributed by atoms with Crippen molar-refractivity contribution in [3.63, 3.8) is 0 Å². The van der Waals surface area contributed by atoms with Crippen LogP contribution >= 0.6 is 0 Å². The molecule has 2 aliphatic heterocycles. The highest BCUT2D eigenvalue weighted by atomic mass is 16.6. The summed E-state index contributed by atoms with van der Waals surface area (Å²) in [6.07, 6.45) is 7.35. The number of hydrogen-bond donors (Lipinski definition) is 1. The van der Waals surface area contributed by atoms with Gasteiger partial charge in [-0.1, -0.05) is 6.07 Å². The highest BCUT2D eigenvalue weighted by Crippen LogP contribution is 2.36. The van der Waals surface area contributed by atoms with Gasteiger partial charge in [0.05, 0.1) is 36.1 Å². The van der Waals surface area contributed by atoms with E-state index in [9.17, 15) is 9.59 Å². The highest BCUT2D eigenvalue weighted by Gasteiger charge is 2.29. The Labute approximate surface area is 267 Å². The summed E-state index contributed by atoms with van der Waals surface area (Å²) in [5.74, 6) is 1.61. The summed E-state index contributed by atoms with van der Waals surface area (Å²) in [6.45, 7) is 9.61. The van der Waals surface area contributed by atoms with Crippen LogP contribution < -0.4 is 24.4 Å². The van der Waals surface area contributed by atoms with Crippen molar-refractivity contribution in [2.75, 3.05) is 50.1 Å². The molecule has 13 heteroatoms. The summed E-state index contributed by atoms with van der Waals surface area (Å²) in [4.78, 5) is 38.3. The maximum atomic E-state index is 12.9. The fourth-order valence-corrected chi connectivity index (χ4v) is 5.59. The molecule has 2 aliphatic rings. The molecule has 0 atom stereocenters. The second-order valence-corrected chi connectivity index (χ2v) is 12.3. The molecule has 0 aliphatic carbocycles. The van der Waals surface area contributed by atoms with Crippen LogP contribution in [0.15, 0.2) is 49.1 Å². The average molecular weight is 630 g/mol. The van der Waals surface area contributed by atoms with E-state index < -0.39 is 11.7 Å². The predicted molar refractivity (Wildman–Crippen MR) is 172 cm³/mol. The van der Waals surface area contributed by atoms with Crippen LogP contribution in [-0.4, -0.2) is 82.1 Å². The van der Waals surface area contributed by atoms with Gasteiger partial charge < -0.3 is 24.3 Å². The molecule has 2 aromatic carbocycles. The summed E-state index contributed by atoms with van der Waals surface area (Å²) < 4.78 is 24.7. The molecule has 46 heavy (non-hydrogen) atoms. The second-order valence-electron chi connectivity index (χ2n) is 12.3. The summed E-state index contributed by atoms with van der Waals surface area (Å²) in [6, 6.07) is 9.16. The molecule has 2 aromatic heterocycles. The quantitative estimate of drug-likeness (QED) is 0.254. The smallest absolute Gasteiger partial charge is 0.414 e. The van der Waals surface area contributed by atoms with E-state index in [1.165, 1.54) is 30.0 Å². The molecule has 2 amide bonds. The molecule has 1 N–H and O–H groups in total. The van der Waals surface area contributed by atoms with Crippen molar-refractivity contribution in [2.45, 2.75) is 52.2 Å². The van der Waals surface area contributed by atoms with Gasteiger partial charge >= 0.3 is 6.09 Å². The third-order valence-electron chi connectivity index (χ3n) is 7.76. The minimum Gasteiger partial charge on any atom is -0.493 e. The van der Waals surface area contributed by atoms with Crippen molar-refractivity contribution in [3.05, 3.63) is 54.6 Å². The Bertz CT molecular complexity index is 1730. The molecule has 0 saturated carbocycles. The Hall–Kier alpha value is -4.91. The number of likely N-dealkylation sites (tertiary alicyclic amines) is 1. The maximum Gasteiger partial charge on any atom is 0.414 e. The first kappa shape index (κ1) is 31.1. The van der Waals surface area contributed by atoms with Gasteiger partial charge in [0.2, 0.25) is 11.8 Å². The zero-order valence-electron chi connectivity index (χ0n) is 26.6.